The number of para-hydroxylation sites is 1. The van der Waals surface area contributed by atoms with Crippen LogP contribution in [-0.4, -0.2) is 30.6 Å². The molecule has 0 radical (unpaired) electrons. The number of ether oxygens (including phenoxy) is 1. The third kappa shape index (κ3) is 2.07. The molecule has 16 heavy (non-hydrogen) atoms. The Morgan fingerprint density at radius 1 is 1.19 bits per heavy atom. The Morgan fingerprint density at radius 2 is 2.06 bits per heavy atom. The van der Waals surface area contributed by atoms with E-state index in [0.717, 1.165) is 30.9 Å². The fraction of sp³-hybridized carbons (Fsp3) is 0.571. The lowest BCUT2D eigenvalue weighted by Crippen LogP contribution is -2.35. The van der Waals surface area contributed by atoms with E-state index in [4.69, 9.17) is 4.74 Å². The zero-order valence-corrected chi connectivity index (χ0v) is 9.64. The van der Waals surface area contributed by atoms with E-state index in [0.29, 0.717) is 0 Å². The molecule has 1 saturated carbocycles. The van der Waals surface area contributed by atoms with Gasteiger partial charge in [-0.15, -0.1) is 0 Å². The molecule has 2 heteroatoms. The molecular formula is C14H19NO. The molecular weight excluding hydrogens is 198 g/mol. The SMILES string of the molecule is c1ccc(OCCN2CC3CCC2C3)cc1. The van der Waals surface area contributed by atoms with Gasteiger partial charge in [0, 0.05) is 19.1 Å². The van der Waals surface area contributed by atoms with Gasteiger partial charge in [0.25, 0.3) is 0 Å². The molecule has 2 nitrogen and oxygen atoms in total. The van der Waals surface area contributed by atoms with Crippen LogP contribution in [0.15, 0.2) is 30.3 Å². The van der Waals surface area contributed by atoms with Crippen LogP contribution in [0.3, 0.4) is 0 Å². The molecule has 2 aliphatic rings. The summed E-state index contributed by atoms with van der Waals surface area (Å²) in [4.78, 5) is 2.61. The smallest absolute Gasteiger partial charge is 0.119 e. The molecule has 1 aromatic carbocycles. The van der Waals surface area contributed by atoms with Gasteiger partial charge in [-0.3, -0.25) is 4.90 Å². The van der Waals surface area contributed by atoms with Crippen molar-refractivity contribution in [2.75, 3.05) is 19.7 Å². The standard InChI is InChI=1S/C14H19NO/c1-2-4-14(5-3-1)16-9-8-15-11-12-6-7-13(15)10-12/h1-5,12-13H,6-11H2. The normalized spacial score (nSPS) is 28.5. The average Bonchev–Trinajstić information content (AvgIpc) is 2.92. The number of fused-ring (bicyclic) bond motifs is 2. The molecule has 1 saturated heterocycles. The Balaban J connectivity index is 1.44. The van der Waals surface area contributed by atoms with Crippen LogP contribution < -0.4 is 4.74 Å². The van der Waals surface area contributed by atoms with Crippen LogP contribution in [0.2, 0.25) is 0 Å². The minimum Gasteiger partial charge on any atom is -0.492 e. The summed E-state index contributed by atoms with van der Waals surface area (Å²) in [5.41, 5.74) is 0. The number of piperidine rings is 1. The Bertz CT molecular complexity index is 338. The highest BCUT2D eigenvalue weighted by Gasteiger charge is 2.37. The van der Waals surface area contributed by atoms with Crippen LogP contribution in [0, 0.1) is 5.92 Å². The summed E-state index contributed by atoms with van der Waals surface area (Å²) in [7, 11) is 0. The van der Waals surface area contributed by atoms with Crippen molar-refractivity contribution in [2.24, 2.45) is 5.92 Å². The van der Waals surface area contributed by atoms with Crippen molar-refractivity contribution in [3.05, 3.63) is 30.3 Å². The number of hydrogen-bond acceptors (Lipinski definition) is 2. The summed E-state index contributed by atoms with van der Waals surface area (Å²) in [5.74, 6) is 1.98. The van der Waals surface area contributed by atoms with Gasteiger partial charge >= 0.3 is 0 Å². The molecule has 0 amide bonds. The first-order valence-corrected chi connectivity index (χ1v) is 6.34. The topological polar surface area (TPSA) is 12.5 Å². The second kappa shape index (κ2) is 4.46. The van der Waals surface area contributed by atoms with E-state index in [1.165, 1.54) is 25.8 Å². The quantitative estimate of drug-likeness (QED) is 0.768. The van der Waals surface area contributed by atoms with E-state index in [-0.39, 0.29) is 0 Å². The van der Waals surface area contributed by atoms with Gasteiger partial charge in [0.2, 0.25) is 0 Å². The van der Waals surface area contributed by atoms with E-state index in [1.807, 2.05) is 30.3 Å². The molecule has 0 spiro atoms. The Hall–Kier alpha value is -1.02. The molecule has 0 N–H and O–H groups in total. The highest BCUT2D eigenvalue weighted by atomic mass is 16.5. The van der Waals surface area contributed by atoms with Crippen molar-refractivity contribution in [3.8, 4) is 5.75 Å². The van der Waals surface area contributed by atoms with E-state index in [2.05, 4.69) is 4.90 Å². The zero-order chi connectivity index (χ0) is 10.8. The van der Waals surface area contributed by atoms with Crippen LogP contribution in [0.4, 0.5) is 0 Å². The fourth-order valence-corrected chi connectivity index (χ4v) is 3.10. The minimum absolute atomic E-state index is 0.827. The molecule has 3 rings (SSSR count). The predicted octanol–water partition coefficient (Wildman–Crippen LogP) is 2.55. The van der Waals surface area contributed by atoms with Crippen molar-refractivity contribution < 1.29 is 4.74 Å². The van der Waals surface area contributed by atoms with Crippen LogP contribution in [0.1, 0.15) is 19.3 Å². The lowest BCUT2D eigenvalue weighted by molar-refractivity contribution is 0.172. The third-order valence-corrected chi connectivity index (χ3v) is 3.91. The minimum atomic E-state index is 0.827. The lowest BCUT2D eigenvalue weighted by Gasteiger charge is -2.26. The maximum atomic E-state index is 5.73. The Morgan fingerprint density at radius 3 is 2.75 bits per heavy atom. The van der Waals surface area contributed by atoms with Crippen molar-refractivity contribution in [1.29, 1.82) is 0 Å². The summed E-state index contributed by atoms with van der Waals surface area (Å²) in [5, 5.41) is 0. The van der Waals surface area contributed by atoms with Gasteiger partial charge in [0.05, 0.1) is 0 Å². The first-order valence-electron chi connectivity index (χ1n) is 6.34. The second-order valence-electron chi connectivity index (χ2n) is 4.99. The van der Waals surface area contributed by atoms with Gasteiger partial charge in [-0.2, -0.15) is 0 Å². The molecule has 0 aromatic heterocycles. The Kier molecular flexibility index (Phi) is 2.83. The van der Waals surface area contributed by atoms with E-state index < -0.39 is 0 Å². The van der Waals surface area contributed by atoms with Crippen LogP contribution in [0.25, 0.3) is 0 Å². The van der Waals surface area contributed by atoms with E-state index in [1.54, 1.807) is 0 Å². The summed E-state index contributed by atoms with van der Waals surface area (Å²) in [6, 6.07) is 11.0. The predicted molar refractivity (Wildman–Crippen MR) is 64.6 cm³/mol. The molecule has 86 valence electrons. The zero-order valence-electron chi connectivity index (χ0n) is 9.64. The summed E-state index contributed by atoms with van der Waals surface area (Å²) in [6.45, 7) is 3.23. The number of hydrogen-bond donors (Lipinski definition) is 0. The van der Waals surface area contributed by atoms with Gasteiger partial charge in [0.1, 0.15) is 12.4 Å². The van der Waals surface area contributed by atoms with E-state index in [9.17, 15) is 0 Å². The molecule has 2 atom stereocenters. The first-order chi connectivity index (χ1) is 7.92. The van der Waals surface area contributed by atoms with Crippen LogP contribution in [-0.2, 0) is 0 Å². The second-order valence-corrected chi connectivity index (χ2v) is 4.99. The summed E-state index contributed by atoms with van der Waals surface area (Å²) >= 11 is 0. The van der Waals surface area contributed by atoms with Crippen molar-refractivity contribution in [3.63, 3.8) is 0 Å². The molecule has 2 fully saturated rings. The summed E-state index contributed by atoms with van der Waals surface area (Å²) in [6.07, 6.45) is 4.31. The van der Waals surface area contributed by atoms with Gasteiger partial charge in [0.15, 0.2) is 0 Å². The molecule has 1 aliphatic heterocycles. The van der Waals surface area contributed by atoms with Gasteiger partial charge < -0.3 is 4.74 Å². The average molecular weight is 217 g/mol. The summed E-state index contributed by atoms with van der Waals surface area (Å²) < 4.78 is 5.73. The number of likely N-dealkylation sites (tertiary alicyclic amines) is 1. The van der Waals surface area contributed by atoms with Crippen molar-refractivity contribution in [2.45, 2.75) is 25.3 Å². The molecule has 2 bridgehead atoms. The molecule has 1 aliphatic carbocycles. The highest BCUT2D eigenvalue weighted by molar-refractivity contribution is 5.20. The van der Waals surface area contributed by atoms with Crippen molar-refractivity contribution in [1.82, 2.24) is 4.90 Å². The molecule has 1 aromatic rings. The van der Waals surface area contributed by atoms with Gasteiger partial charge in [-0.1, -0.05) is 18.2 Å². The van der Waals surface area contributed by atoms with Gasteiger partial charge in [-0.25, -0.2) is 0 Å². The fourth-order valence-electron chi connectivity index (χ4n) is 3.10. The van der Waals surface area contributed by atoms with Crippen molar-refractivity contribution >= 4 is 0 Å². The lowest BCUT2D eigenvalue weighted by atomic mass is 10.1. The Labute approximate surface area is 97.2 Å². The number of rotatable bonds is 4. The van der Waals surface area contributed by atoms with E-state index >= 15 is 0 Å². The number of nitrogens with zero attached hydrogens (tertiary/aromatic N) is 1. The number of benzene rings is 1. The highest BCUT2D eigenvalue weighted by Crippen LogP contribution is 2.36. The molecule has 2 unspecified atom stereocenters. The largest absolute Gasteiger partial charge is 0.492 e. The monoisotopic (exact) mass is 217 g/mol. The maximum absolute atomic E-state index is 5.73. The third-order valence-electron chi connectivity index (χ3n) is 3.91. The first kappa shape index (κ1) is 10.2. The van der Waals surface area contributed by atoms with Gasteiger partial charge in [-0.05, 0) is 37.3 Å². The molecule has 1 heterocycles. The maximum Gasteiger partial charge on any atom is 0.119 e. The van der Waals surface area contributed by atoms with Crippen LogP contribution >= 0.6 is 0 Å². The van der Waals surface area contributed by atoms with Crippen LogP contribution in [0.5, 0.6) is 5.75 Å².